The third kappa shape index (κ3) is 1.96. The zero-order chi connectivity index (χ0) is 13.4. The molecule has 0 unspecified atom stereocenters. The summed E-state index contributed by atoms with van der Waals surface area (Å²) in [5.41, 5.74) is 8.42. The highest BCUT2D eigenvalue weighted by Gasteiger charge is 2.23. The van der Waals surface area contributed by atoms with E-state index in [1.165, 1.54) is 5.06 Å². The van der Waals surface area contributed by atoms with E-state index in [0.29, 0.717) is 24.5 Å². The summed E-state index contributed by atoms with van der Waals surface area (Å²) in [5.74, 6) is 0.558. The maximum atomic E-state index is 11.7. The number of carbonyl (C=O) groups excluding carboxylic acids is 1. The quantitative estimate of drug-likeness (QED) is 0.882. The monoisotopic (exact) mass is 258 g/mol. The Kier molecular flexibility index (Phi) is 2.72. The molecule has 1 saturated heterocycles. The Morgan fingerprint density at radius 1 is 1.42 bits per heavy atom. The fourth-order valence-electron chi connectivity index (χ4n) is 2.09. The number of anilines is 2. The first-order chi connectivity index (χ1) is 9.16. The molecule has 6 heteroatoms. The van der Waals surface area contributed by atoms with Crippen molar-refractivity contribution in [2.45, 2.75) is 6.42 Å². The highest BCUT2D eigenvalue weighted by molar-refractivity contribution is 5.93. The van der Waals surface area contributed by atoms with Gasteiger partial charge in [-0.15, -0.1) is 0 Å². The van der Waals surface area contributed by atoms with Crippen molar-refractivity contribution in [1.29, 1.82) is 0 Å². The molecule has 1 aromatic heterocycles. The topological polar surface area (TPSA) is 73.4 Å². The van der Waals surface area contributed by atoms with Gasteiger partial charge in [0.1, 0.15) is 5.82 Å². The molecule has 1 fully saturated rings. The largest absolute Gasteiger partial charge is 0.383 e. The fraction of sp³-hybridized carbons (Fsp3) is 0.231. The van der Waals surface area contributed by atoms with Crippen LogP contribution in [-0.2, 0) is 16.7 Å². The van der Waals surface area contributed by atoms with Crippen LogP contribution in [0.2, 0.25) is 0 Å². The SMILES string of the molecule is Cn1ncc(-c2cccc(N3OCCC3=O)c2)c1N. The van der Waals surface area contributed by atoms with Crippen LogP contribution in [0.3, 0.4) is 0 Å². The Morgan fingerprint density at radius 3 is 2.89 bits per heavy atom. The van der Waals surface area contributed by atoms with E-state index in [2.05, 4.69) is 5.10 Å². The van der Waals surface area contributed by atoms with Crippen LogP contribution in [0.25, 0.3) is 11.1 Å². The van der Waals surface area contributed by atoms with Crippen LogP contribution in [0.15, 0.2) is 30.5 Å². The zero-order valence-electron chi connectivity index (χ0n) is 10.5. The molecule has 0 spiro atoms. The molecule has 1 aliphatic rings. The minimum absolute atomic E-state index is 0.0312. The average Bonchev–Trinajstić information content (AvgIpc) is 2.98. The molecule has 2 heterocycles. The first-order valence-corrected chi connectivity index (χ1v) is 6.00. The van der Waals surface area contributed by atoms with Crippen LogP contribution in [0.5, 0.6) is 0 Å². The van der Waals surface area contributed by atoms with Crippen molar-refractivity contribution in [3.63, 3.8) is 0 Å². The first-order valence-electron chi connectivity index (χ1n) is 6.00. The molecule has 1 aliphatic heterocycles. The maximum Gasteiger partial charge on any atom is 0.253 e. The number of aromatic nitrogens is 2. The number of carbonyl (C=O) groups is 1. The molecule has 6 nitrogen and oxygen atoms in total. The van der Waals surface area contributed by atoms with Crippen LogP contribution < -0.4 is 10.8 Å². The summed E-state index contributed by atoms with van der Waals surface area (Å²) in [6, 6.07) is 7.50. The van der Waals surface area contributed by atoms with Gasteiger partial charge in [-0.05, 0) is 17.7 Å². The summed E-state index contributed by atoms with van der Waals surface area (Å²) in [6.45, 7) is 0.429. The Balaban J connectivity index is 2.00. The predicted molar refractivity (Wildman–Crippen MR) is 71.1 cm³/mol. The van der Waals surface area contributed by atoms with Crippen LogP contribution in [-0.4, -0.2) is 22.3 Å². The van der Waals surface area contributed by atoms with Crippen molar-refractivity contribution in [2.24, 2.45) is 7.05 Å². The van der Waals surface area contributed by atoms with Crippen molar-refractivity contribution in [3.8, 4) is 11.1 Å². The standard InChI is InChI=1S/C13H14N4O2/c1-16-13(14)11(8-15-16)9-3-2-4-10(7-9)17-12(18)5-6-19-17/h2-4,7-8H,5-6,14H2,1H3. The van der Waals surface area contributed by atoms with Crippen LogP contribution in [0.4, 0.5) is 11.5 Å². The summed E-state index contributed by atoms with van der Waals surface area (Å²) < 4.78 is 1.61. The van der Waals surface area contributed by atoms with Crippen LogP contribution in [0, 0.1) is 0 Å². The third-order valence-corrected chi connectivity index (χ3v) is 3.14. The molecule has 2 aromatic rings. The van der Waals surface area contributed by atoms with Gasteiger partial charge in [0.15, 0.2) is 0 Å². The van der Waals surface area contributed by atoms with Crippen molar-refractivity contribution < 1.29 is 9.63 Å². The summed E-state index contributed by atoms with van der Waals surface area (Å²) in [7, 11) is 1.79. The summed E-state index contributed by atoms with van der Waals surface area (Å²) >= 11 is 0. The fourth-order valence-corrected chi connectivity index (χ4v) is 2.09. The van der Waals surface area contributed by atoms with Gasteiger partial charge in [-0.1, -0.05) is 12.1 Å². The number of nitrogen functional groups attached to an aromatic ring is 1. The molecular formula is C13H14N4O2. The van der Waals surface area contributed by atoms with Gasteiger partial charge in [0.25, 0.3) is 5.91 Å². The van der Waals surface area contributed by atoms with E-state index in [9.17, 15) is 4.79 Å². The molecular weight excluding hydrogens is 244 g/mol. The van der Waals surface area contributed by atoms with Crippen LogP contribution in [0.1, 0.15) is 6.42 Å². The summed E-state index contributed by atoms with van der Waals surface area (Å²) in [6.07, 6.45) is 2.13. The lowest BCUT2D eigenvalue weighted by atomic mass is 10.1. The molecule has 0 saturated carbocycles. The highest BCUT2D eigenvalue weighted by Crippen LogP contribution is 2.29. The third-order valence-electron chi connectivity index (χ3n) is 3.14. The lowest BCUT2D eigenvalue weighted by molar-refractivity contribution is -0.119. The van der Waals surface area contributed by atoms with Gasteiger partial charge in [0.05, 0.1) is 24.9 Å². The molecule has 1 amide bonds. The van der Waals surface area contributed by atoms with Gasteiger partial charge in [-0.2, -0.15) is 10.2 Å². The Morgan fingerprint density at radius 2 is 2.26 bits per heavy atom. The molecule has 0 radical (unpaired) electrons. The van der Waals surface area contributed by atoms with Crippen molar-refractivity contribution in [3.05, 3.63) is 30.5 Å². The van der Waals surface area contributed by atoms with E-state index < -0.39 is 0 Å². The van der Waals surface area contributed by atoms with E-state index in [1.807, 2.05) is 24.3 Å². The molecule has 2 N–H and O–H groups in total. The molecule has 19 heavy (non-hydrogen) atoms. The second-order valence-corrected chi connectivity index (χ2v) is 4.39. The number of amides is 1. The van der Waals surface area contributed by atoms with Crippen molar-refractivity contribution >= 4 is 17.4 Å². The number of hydrogen-bond acceptors (Lipinski definition) is 4. The molecule has 0 bridgehead atoms. The Labute approximate surface area is 110 Å². The van der Waals surface area contributed by atoms with Gasteiger partial charge in [-0.25, -0.2) is 0 Å². The van der Waals surface area contributed by atoms with Gasteiger partial charge in [0, 0.05) is 12.6 Å². The lowest BCUT2D eigenvalue weighted by Crippen LogP contribution is -2.22. The van der Waals surface area contributed by atoms with E-state index in [4.69, 9.17) is 10.6 Å². The number of hydroxylamine groups is 1. The van der Waals surface area contributed by atoms with Gasteiger partial charge >= 0.3 is 0 Å². The molecule has 0 aliphatic carbocycles. The van der Waals surface area contributed by atoms with E-state index >= 15 is 0 Å². The zero-order valence-corrected chi connectivity index (χ0v) is 10.5. The summed E-state index contributed by atoms with van der Waals surface area (Å²) in [4.78, 5) is 17.0. The van der Waals surface area contributed by atoms with E-state index in [-0.39, 0.29) is 5.91 Å². The number of nitrogens with two attached hydrogens (primary N) is 1. The lowest BCUT2D eigenvalue weighted by Gasteiger charge is -2.14. The van der Waals surface area contributed by atoms with Gasteiger partial charge in [0.2, 0.25) is 0 Å². The Bertz CT molecular complexity index is 635. The normalized spacial score (nSPS) is 15.2. The molecule has 0 atom stereocenters. The maximum absolute atomic E-state index is 11.7. The molecule has 98 valence electrons. The number of aryl methyl sites for hydroxylation is 1. The van der Waals surface area contributed by atoms with E-state index in [1.54, 1.807) is 17.9 Å². The van der Waals surface area contributed by atoms with Gasteiger partial charge < -0.3 is 5.73 Å². The van der Waals surface area contributed by atoms with Gasteiger partial charge in [-0.3, -0.25) is 14.3 Å². The van der Waals surface area contributed by atoms with Crippen molar-refractivity contribution in [1.82, 2.24) is 9.78 Å². The number of hydrogen-bond donors (Lipinski definition) is 1. The second-order valence-electron chi connectivity index (χ2n) is 4.39. The second kappa shape index (κ2) is 4.40. The number of nitrogens with zero attached hydrogens (tertiary/aromatic N) is 3. The molecule has 3 rings (SSSR count). The first kappa shape index (κ1) is 11.7. The van der Waals surface area contributed by atoms with Crippen LogP contribution >= 0.6 is 0 Å². The Hall–Kier alpha value is -2.34. The average molecular weight is 258 g/mol. The summed E-state index contributed by atoms with van der Waals surface area (Å²) in [5, 5.41) is 5.44. The number of rotatable bonds is 2. The minimum Gasteiger partial charge on any atom is -0.383 e. The number of benzene rings is 1. The van der Waals surface area contributed by atoms with Crippen molar-refractivity contribution in [2.75, 3.05) is 17.4 Å². The minimum atomic E-state index is -0.0312. The molecule has 1 aromatic carbocycles. The smallest absolute Gasteiger partial charge is 0.253 e. The van der Waals surface area contributed by atoms with E-state index in [0.717, 1.165) is 11.1 Å². The highest BCUT2D eigenvalue weighted by atomic mass is 16.7. The predicted octanol–water partition coefficient (Wildman–Crippen LogP) is 1.34.